The lowest BCUT2D eigenvalue weighted by Crippen LogP contribution is -2.39. The Balaban J connectivity index is 3.02. The number of sulfonamides is 1. The standard InChI is InChI=1S/C11H14ClF2NO2S/c1-7(2)11(6-12)15-18(16,17)8-3-4-9(13)10(14)5-8/h3-5,7,11,15H,6H2,1-2H3. The van der Waals surface area contributed by atoms with Crippen molar-refractivity contribution >= 4 is 21.6 Å². The van der Waals surface area contributed by atoms with Crippen LogP contribution in [0.25, 0.3) is 0 Å². The molecule has 0 heterocycles. The van der Waals surface area contributed by atoms with Crippen LogP contribution in [-0.4, -0.2) is 20.3 Å². The maximum Gasteiger partial charge on any atom is 0.240 e. The summed E-state index contributed by atoms with van der Waals surface area (Å²) in [6.45, 7) is 3.61. The fraction of sp³-hybridized carbons (Fsp3) is 0.455. The second-order valence-corrected chi connectivity index (χ2v) is 6.22. The van der Waals surface area contributed by atoms with Crippen molar-refractivity contribution in [3.63, 3.8) is 0 Å². The highest BCUT2D eigenvalue weighted by Crippen LogP contribution is 2.15. The van der Waals surface area contributed by atoms with Crippen LogP contribution in [0.15, 0.2) is 23.1 Å². The van der Waals surface area contributed by atoms with Gasteiger partial charge in [0.2, 0.25) is 10.0 Å². The Labute approximate surface area is 110 Å². The van der Waals surface area contributed by atoms with E-state index in [0.717, 1.165) is 12.1 Å². The molecule has 0 amide bonds. The largest absolute Gasteiger partial charge is 0.240 e. The molecule has 1 N–H and O–H groups in total. The van der Waals surface area contributed by atoms with Gasteiger partial charge in [-0.3, -0.25) is 0 Å². The molecule has 18 heavy (non-hydrogen) atoms. The van der Waals surface area contributed by atoms with Crippen molar-refractivity contribution in [2.24, 2.45) is 5.92 Å². The number of benzene rings is 1. The molecule has 1 aromatic carbocycles. The number of halogens is 3. The van der Waals surface area contributed by atoms with E-state index in [1.54, 1.807) is 13.8 Å². The van der Waals surface area contributed by atoms with Gasteiger partial charge in [0.1, 0.15) is 0 Å². The third-order valence-corrected chi connectivity index (χ3v) is 4.30. The minimum atomic E-state index is -3.90. The Morgan fingerprint density at radius 3 is 2.33 bits per heavy atom. The Hall–Kier alpha value is -0.720. The molecule has 0 aliphatic heterocycles. The van der Waals surface area contributed by atoms with Crippen LogP contribution in [0.3, 0.4) is 0 Å². The number of hydrogen-bond donors (Lipinski definition) is 1. The van der Waals surface area contributed by atoms with E-state index in [4.69, 9.17) is 11.6 Å². The first-order valence-electron chi connectivity index (χ1n) is 5.31. The van der Waals surface area contributed by atoms with E-state index in [0.29, 0.717) is 6.07 Å². The van der Waals surface area contributed by atoms with Crippen LogP contribution in [0.4, 0.5) is 8.78 Å². The average Bonchev–Trinajstić information content (AvgIpc) is 2.29. The van der Waals surface area contributed by atoms with Crippen LogP contribution in [0.2, 0.25) is 0 Å². The van der Waals surface area contributed by atoms with Gasteiger partial charge < -0.3 is 0 Å². The summed E-state index contributed by atoms with van der Waals surface area (Å²) in [4.78, 5) is -0.322. The minimum absolute atomic E-state index is 0.0115. The van der Waals surface area contributed by atoms with Crippen molar-refractivity contribution < 1.29 is 17.2 Å². The third kappa shape index (κ3) is 3.63. The van der Waals surface area contributed by atoms with Gasteiger partial charge in [-0.1, -0.05) is 13.8 Å². The van der Waals surface area contributed by atoms with Crippen LogP contribution in [-0.2, 0) is 10.0 Å². The van der Waals surface area contributed by atoms with Gasteiger partial charge in [-0.25, -0.2) is 21.9 Å². The lowest BCUT2D eigenvalue weighted by atomic mass is 10.1. The van der Waals surface area contributed by atoms with Crippen molar-refractivity contribution in [1.82, 2.24) is 4.72 Å². The SMILES string of the molecule is CC(C)C(CCl)NS(=O)(=O)c1ccc(F)c(F)c1. The zero-order valence-corrected chi connectivity index (χ0v) is 11.5. The molecule has 0 aromatic heterocycles. The summed E-state index contributed by atoms with van der Waals surface area (Å²) in [5, 5.41) is 0. The van der Waals surface area contributed by atoms with E-state index >= 15 is 0 Å². The Morgan fingerprint density at radius 2 is 1.89 bits per heavy atom. The highest BCUT2D eigenvalue weighted by molar-refractivity contribution is 7.89. The maximum absolute atomic E-state index is 13.0. The summed E-state index contributed by atoms with van der Waals surface area (Å²) in [7, 11) is -3.90. The summed E-state index contributed by atoms with van der Waals surface area (Å²) < 4.78 is 51.9. The van der Waals surface area contributed by atoms with Gasteiger partial charge in [-0.15, -0.1) is 11.6 Å². The average molecular weight is 298 g/mol. The van der Waals surface area contributed by atoms with Crippen molar-refractivity contribution in [2.45, 2.75) is 24.8 Å². The molecule has 0 fully saturated rings. The van der Waals surface area contributed by atoms with Gasteiger partial charge in [0, 0.05) is 11.9 Å². The molecule has 0 aliphatic carbocycles. The Bertz CT molecular complexity index is 520. The molecule has 0 radical (unpaired) electrons. The molecule has 1 rings (SSSR count). The monoisotopic (exact) mass is 297 g/mol. The number of nitrogens with one attached hydrogen (secondary N) is 1. The highest BCUT2D eigenvalue weighted by Gasteiger charge is 2.22. The van der Waals surface area contributed by atoms with E-state index in [-0.39, 0.29) is 16.7 Å². The first kappa shape index (κ1) is 15.3. The first-order valence-corrected chi connectivity index (χ1v) is 7.33. The molecule has 3 nitrogen and oxygen atoms in total. The molecule has 0 saturated carbocycles. The topological polar surface area (TPSA) is 46.2 Å². The van der Waals surface area contributed by atoms with Crippen LogP contribution in [0.5, 0.6) is 0 Å². The quantitative estimate of drug-likeness (QED) is 0.849. The van der Waals surface area contributed by atoms with Crippen LogP contribution in [0, 0.1) is 17.6 Å². The second-order valence-electron chi connectivity index (χ2n) is 4.20. The maximum atomic E-state index is 13.0. The van der Waals surface area contributed by atoms with E-state index in [1.165, 1.54) is 0 Å². The molecule has 102 valence electrons. The van der Waals surface area contributed by atoms with Gasteiger partial charge in [0.25, 0.3) is 0 Å². The Morgan fingerprint density at radius 1 is 1.28 bits per heavy atom. The minimum Gasteiger partial charge on any atom is -0.207 e. The normalized spacial score (nSPS) is 13.9. The summed E-state index contributed by atoms with van der Waals surface area (Å²) in [5.74, 6) is -2.21. The zero-order chi connectivity index (χ0) is 13.9. The van der Waals surface area contributed by atoms with Gasteiger partial charge in [-0.05, 0) is 24.1 Å². The summed E-state index contributed by atoms with van der Waals surface area (Å²) >= 11 is 5.65. The van der Waals surface area contributed by atoms with Gasteiger partial charge in [0.15, 0.2) is 11.6 Å². The van der Waals surface area contributed by atoms with Gasteiger partial charge >= 0.3 is 0 Å². The zero-order valence-electron chi connectivity index (χ0n) is 9.95. The van der Waals surface area contributed by atoms with Gasteiger partial charge in [0.05, 0.1) is 4.90 Å². The fourth-order valence-electron chi connectivity index (χ4n) is 1.26. The summed E-state index contributed by atoms with van der Waals surface area (Å²) in [6.07, 6.45) is 0. The predicted octanol–water partition coefficient (Wildman–Crippen LogP) is 2.51. The number of hydrogen-bond acceptors (Lipinski definition) is 2. The predicted molar refractivity (Wildman–Crippen MR) is 66.0 cm³/mol. The van der Waals surface area contributed by atoms with Crippen molar-refractivity contribution in [1.29, 1.82) is 0 Å². The second kappa shape index (κ2) is 5.95. The molecule has 1 atom stereocenters. The van der Waals surface area contributed by atoms with E-state index < -0.39 is 27.7 Å². The van der Waals surface area contributed by atoms with E-state index in [1.807, 2.05) is 0 Å². The van der Waals surface area contributed by atoms with E-state index in [2.05, 4.69) is 4.72 Å². The van der Waals surface area contributed by atoms with Crippen molar-refractivity contribution in [3.8, 4) is 0 Å². The van der Waals surface area contributed by atoms with Crippen LogP contribution in [0.1, 0.15) is 13.8 Å². The third-order valence-electron chi connectivity index (χ3n) is 2.48. The lowest BCUT2D eigenvalue weighted by Gasteiger charge is -2.19. The molecule has 0 spiro atoms. The van der Waals surface area contributed by atoms with Crippen molar-refractivity contribution in [2.75, 3.05) is 5.88 Å². The number of alkyl halides is 1. The van der Waals surface area contributed by atoms with Gasteiger partial charge in [-0.2, -0.15) is 0 Å². The molecule has 0 saturated heterocycles. The first-order chi connectivity index (χ1) is 8.27. The molecule has 0 bridgehead atoms. The Kier molecular flexibility index (Phi) is 5.07. The van der Waals surface area contributed by atoms with Crippen LogP contribution >= 0.6 is 11.6 Å². The summed E-state index contributed by atoms with van der Waals surface area (Å²) in [5.41, 5.74) is 0. The van der Waals surface area contributed by atoms with E-state index in [9.17, 15) is 17.2 Å². The molecular weight excluding hydrogens is 284 g/mol. The molecule has 7 heteroatoms. The molecule has 1 unspecified atom stereocenters. The number of rotatable bonds is 5. The van der Waals surface area contributed by atoms with Crippen molar-refractivity contribution in [3.05, 3.63) is 29.8 Å². The molecular formula is C11H14ClF2NO2S. The highest BCUT2D eigenvalue weighted by atomic mass is 35.5. The lowest BCUT2D eigenvalue weighted by molar-refractivity contribution is 0.478. The smallest absolute Gasteiger partial charge is 0.207 e. The molecule has 0 aliphatic rings. The summed E-state index contributed by atoms with van der Waals surface area (Å²) in [6, 6.07) is 1.95. The molecule has 1 aromatic rings. The van der Waals surface area contributed by atoms with Crippen LogP contribution < -0.4 is 4.72 Å². The fourth-order valence-corrected chi connectivity index (χ4v) is 3.18.